The van der Waals surface area contributed by atoms with Gasteiger partial charge in [-0.15, -0.1) is 11.6 Å². The molecule has 1 aromatic carbocycles. The van der Waals surface area contributed by atoms with Crippen molar-refractivity contribution in [1.29, 1.82) is 0 Å². The third-order valence-electron chi connectivity index (χ3n) is 3.80. The van der Waals surface area contributed by atoms with E-state index in [9.17, 15) is 4.79 Å². The summed E-state index contributed by atoms with van der Waals surface area (Å²) in [6.07, 6.45) is 2.18. The Bertz CT molecular complexity index is 660. The van der Waals surface area contributed by atoms with Crippen LogP contribution in [0.15, 0.2) is 18.2 Å². The fraction of sp³-hybridized carbons (Fsp3) is 0.467. The predicted molar refractivity (Wildman–Crippen MR) is 79.9 cm³/mol. The van der Waals surface area contributed by atoms with Crippen LogP contribution < -0.4 is 5.32 Å². The highest BCUT2D eigenvalue weighted by molar-refractivity contribution is 6.17. The summed E-state index contributed by atoms with van der Waals surface area (Å²) in [6.45, 7) is 3.92. The summed E-state index contributed by atoms with van der Waals surface area (Å²) >= 11 is 6.01. The van der Waals surface area contributed by atoms with Crippen LogP contribution in [0.5, 0.6) is 0 Å². The maximum atomic E-state index is 12.3. The Morgan fingerprint density at radius 3 is 2.95 bits per heavy atom. The van der Waals surface area contributed by atoms with Gasteiger partial charge in [-0.1, -0.05) is 12.1 Å². The van der Waals surface area contributed by atoms with Crippen LogP contribution in [0.4, 0.5) is 0 Å². The number of rotatable bonds is 4. The minimum Gasteiger partial charge on any atom is -0.352 e. The molecule has 1 heterocycles. The van der Waals surface area contributed by atoms with Crippen LogP contribution in [0.25, 0.3) is 11.0 Å². The summed E-state index contributed by atoms with van der Waals surface area (Å²) in [7, 11) is 0. The molecule has 1 saturated carbocycles. The fourth-order valence-corrected chi connectivity index (χ4v) is 2.69. The first-order valence-corrected chi connectivity index (χ1v) is 7.48. The molecule has 1 atom stereocenters. The zero-order chi connectivity index (χ0) is 14.3. The number of carbonyl (C=O) groups excluding carboxylic acids is 1. The zero-order valence-electron chi connectivity index (χ0n) is 11.7. The number of hydrogen-bond donors (Lipinski definition) is 1. The van der Waals surface area contributed by atoms with E-state index in [0.29, 0.717) is 11.9 Å². The monoisotopic (exact) mass is 291 g/mol. The summed E-state index contributed by atoms with van der Waals surface area (Å²) in [5.41, 5.74) is 3.00. The lowest BCUT2D eigenvalue weighted by atomic mass is 10.2. The topological polar surface area (TPSA) is 46.9 Å². The van der Waals surface area contributed by atoms with Crippen LogP contribution in [0.2, 0.25) is 0 Å². The van der Waals surface area contributed by atoms with Crippen LogP contribution in [-0.2, 0) is 10.7 Å². The van der Waals surface area contributed by atoms with Gasteiger partial charge in [-0.25, -0.2) is 4.98 Å². The lowest BCUT2D eigenvalue weighted by Gasteiger charge is -2.16. The number of fused-ring (bicyclic) bond motifs is 1. The van der Waals surface area contributed by atoms with Crippen molar-refractivity contribution >= 4 is 28.5 Å². The van der Waals surface area contributed by atoms with Crippen LogP contribution in [0, 0.1) is 6.92 Å². The van der Waals surface area contributed by atoms with Gasteiger partial charge in [0.1, 0.15) is 11.9 Å². The zero-order valence-corrected chi connectivity index (χ0v) is 12.4. The van der Waals surface area contributed by atoms with Gasteiger partial charge in [0.25, 0.3) is 0 Å². The van der Waals surface area contributed by atoms with Gasteiger partial charge in [0.2, 0.25) is 5.91 Å². The van der Waals surface area contributed by atoms with Gasteiger partial charge in [-0.2, -0.15) is 0 Å². The minimum atomic E-state index is -0.295. The number of aromatic nitrogens is 2. The van der Waals surface area contributed by atoms with E-state index < -0.39 is 0 Å². The second-order valence-corrected chi connectivity index (χ2v) is 5.70. The van der Waals surface area contributed by atoms with Gasteiger partial charge in [0.15, 0.2) is 0 Å². The molecule has 5 heteroatoms. The van der Waals surface area contributed by atoms with Crippen molar-refractivity contribution in [2.75, 3.05) is 0 Å². The highest BCUT2D eigenvalue weighted by Crippen LogP contribution is 2.26. The molecular formula is C15H18ClN3O. The van der Waals surface area contributed by atoms with Crippen LogP contribution in [0.3, 0.4) is 0 Å². The van der Waals surface area contributed by atoms with E-state index >= 15 is 0 Å². The maximum Gasteiger partial charge on any atom is 0.243 e. The van der Waals surface area contributed by atoms with E-state index in [1.165, 1.54) is 0 Å². The molecule has 106 valence electrons. The Labute approximate surface area is 123 Å². The van der Waals surface area contributed by atoms with E-state index in [4.69, 9.17) is 11.6 Å². The Kier molecular flexibility index (Phi) is 3.42. The van der Waals surface area contributed by atoms with Crippen LogP contribution in [0.1, 0.15) is 37.2 Å². The molecule has 1 aromatic heterocycles. The lowest BCUT2D eigenvalue weighted by molar-refractivity contribution is -0.123. The highest BCUT2D eigenvalue weighted by Gasteiger charge is 2.28. The first-order valence-electron chi connectivity index (χ1n) is 6.94. The number of halogens is 1. The number of carbonyl (C=O) groups is 1. The number of benzene rings is 1. The van der Waals surface area contributed by atoms with E-state index in [1.54, 1.807) is 0 Å². The molecular weight excluding hydrogens is 274 g/mol. The summed E-state index contributed by atoms with van der Waals surface area (Å²) in [4.78, 5) is 16.9. The van der Waals surface area contributed by atoms with Gasteiger partial charge in [0.05, 0.1) is 16.9 Å². The molecule has 4 nitrogen and oxygen atoms in total. The van der Waals surface area contributed by atoms with E-state index in [2.05, 4.69) is 10.3 Å². The average molecular weight is 292 g/mol. The number of imidazole rings is 1. The standard InChI is InChI=1S/C15H18ClN3O/c1-9-4-3-5-12-14(9)18-13(8-16)19(12)10(2)15(20)17-11-6-7-11/h3-5,10-11H,6-8H2,1-2H3,(H,17,20). The maximum absolute atomic E-state index is 12.3. The van der Waals surface area contributed by atoms with Crippen molar-refractivity contribution < 1.29 is 4.79 Å². The number of aryl methyl sites for hydroxylation is 1. The minimum absolute atomic E-state index is 0.0414. The molecule has 1 unspecified atom stereocenters. The Morgan fingerprint density at radius 2 is 2.30 bits per heavy atom. The van der Waals surface area contributed by atoms with Gasteiger partial charge in [-0.3, -0.25) is 4.79 Å². The fourth-order valence-electron chi connectivity index (χ4n) is 2.50. The number of para-hydroxylation sites is 1. The van der Waals surface area contributed by atoms with Crippen molar-refractivity contribution in [3.05, 3.63) is 29.6 Å². The summed E-state index contributed by atoms with van der Waals surface area (Å²) < 4.78 is 1.95. The molecule has 1 amide bonds. The highest BCUT2D eigenvalue weighted by atomic mass is 35.5. The summed E-state index contributed by atoms with van der Waals surface area (Å²) in [6, 6.07) is 6.07. The normalized spacial score (nSPS) is 16.4. The molecule has 1 aliphatic carbocycles. The van der Waals surface area contributed by atoms with Crippen LogP contribution in [-0.4, -0.2) is 21.5 Å². The molecule has 2 aromatic rings. The second-order valence-electron chi connectivity index (χ2n) is 5.43. The van der Waals surface area contributed by atoms with E-state index in [-0.39, 0.29) is 11.9 Å². The quantitative estimate of drug-likeness (QED) is 0.881. The number of nitrogens with one attached hydrogen (secondary N) is 1. The molecule has 1 aliphatic rings. The smallest absolute Gasteiger partial charge is 0.243 e. The van der Waals surface area contributed by atoms with Gasteiger partial charge in [-0.05, 0) is 38.3 Å². The number of alkyl halides is 1. The Hall–Kier alpha value is -1.55. The molecule has 3 rings (SSSR count). The Balaban J connectivity index is 2.04. The van der Waals surface area contributed by atoms with Crippen molar-refractivity contribution in [3.8, 4) is 0 Å². The van der Waals surface area contributed by atoms with E-state index in [0.717, 1.165) is 35.3 Å². The molecule has 0 aliphatic heterocycles. The van der Waals surface area contributed by atoms with Crippen molar-refractivity contribution in [2.45, 2.75) is 44.7 Å². The van der Waals surface area contributed by atoms with Gasteiger partial charge >= 0.3 is 0 Å². The molecule has 0 spiro atoms. The second kappa shape index (κ2) is 5.09. The molecule has 0 saturated heterocycles. The molecule has 20 heavy (non-hydrogen) atoms. The largest absolute Gasteiger partial charge is 0.352 e. The third kappa shape index (κ3) is 2.29. The molecule has 0 radical (unpaired) electrons. The van der Waals surface area contributed by atoms with Crippen molar-refractivity contribution in [3.63, 3.8) is 0 Å². The van der Waals surface area contributed by atoms with Crippen molar-refractivity contribution in [1.82, 2.24) is 14.9 Å². The molecule has 0 bridgehead atoms. The number of hydrogen-bond acceptors (Lipinski definition) is 2. The average Bonchev–Trinajstić information content (AvgIpc) is 3.16. The predicted octanol–water partition coefficient (Wildman–Crippen LogP) is 2.92. The van der Waals surface area contributed by atoms with E-state index in [1.807, 2.05) is 36.6 Å². The van der Waals surface area contributed by atoms with Gasteiger partial charge in [0, 0.05) is 6.04 Å². The molecule has 1 fully saturated rings. The summed E-state index contributed by atoms with van der Waals surface area (Å²) in [5, 5.41) is 3.04. The van der Waals surface area contributed by atoms with Gasteiger partial charge < -0.3 is 9.88 Å². The number of nitrogens with zero attached hydrogens (tertiary/aromatic N) is 2. The first kappa shape index (κ1) is 13.4. The lowest BCUT2D eigenvalue weighted by Crippen LogP contribution is -2.33. The Morgan fingerprint density at radius 1 is 1.55 bits per heavy atom. The van der Waals surface area contributed by atoms with Crippen molar-refractivity contribution in [2.24, 2.45) is 0 Å². The molecule has 1 N–H and O–H groups in total. The SMILES string of the molecule is Cc1cccc2c1nc(CCl)n2C(C)C(=O)NC1CC1. The number of amides is 1. The van der Waals surface area contributed by atoms with Crippen LogP contribution >= 0.6 is 11.6 Å². The third-order valence-corrected chi connectivity index (χ3v) is 4.04. The summed E-state index contributed by atoms with van der Waals surface area (Å²) in [5.74, 6) is 1.09. The first-order chi connectivity index (χ1) is 9.61.